The molecule has 3 rings (SSSR count). The smallest absolute Gasteiger partial charge is 0.0540 e. The van der Waals surface area contributed by atoms with Crippen molar-refractivity contribution in [3.05, 3.63) is 29.8 Å². The molecule has 0 aliphatic carbocycles. The summed E-state index contributed by atoms with van der Waals surface area (Å²) < 4.78 is 0. The number of anilines is 1. The summed E-state index contributed by atoms with van der Waals surface area (Å²) in [6.45, 7) is 1.95. The number of thioether (sulfide) groups is 1. The molecule has 2 aliphatic rings. The van der Waals surface area contributed by atoms with Crippen molar-refractivity contribution in [2.75, 3.05) is 29.5 Å². The molecule has 0 atom stereocenters. The minimum Gasteiger partial charge on any atom is -0.364 e. The monoisotopic (exact) mass is 248 g/mol. The van der Waals surface area contributed by atoms with E-state index in [1.54, 1.807) is 0 Å². The van der Waals surface area contributed by atoms with E-state index in [-0.39, 0.29) is 5.54 Å². The number of hydrogen-bond donors (Lipinski definition) is 1. The third-order valence-corrected chi connectivity index (χ3v) is 5.25. The van der Waals surface area contributed by atoms with Crippen LogP contribution in [-0.2, 0) is 6.42 Å². The second kappa shape index (κ2) is 4.54. The minimum absolute atomic E-state index is 0.234. The Hall–Kier alpha value is -0.670. The van der Waals surface area contributed by atoms with E-state index in [0.29, 0.717) is 0 Å². The van der Waals surface area contributed by atoms with Gasteiger partial charge in [0.1, 0.15) is 0 Å². The number of hydrogen-bond acceptors (Lipinski definition) is 3. The van der Waals surface area contributed by atoms with Crippen molar-refractivity contribution in [2.24, 2.45) is 5.73 Å². The summed E-state index contributed by atoms with van der Waals surface area (Å²) in [7, 11) is 0. The molecule has 2 heterocycles. The summed E-state index contributed by atoms with van der Waals surface area (Å²) in [4.78, 5) is 2.60. The standard InChI is InChI=1S/C14H20N2S/c15-11-14(6-9-17-10-7-14)16-8-5-12-3-1-2-4-13(12)16/h1-4H,5-11,15H2. The average molecular weight is 248 g/mol. The number of nitrogens with two attached hydrogens (primary N) is 1. The highest BCUT2D eigenvalue weighted by atomic mass is 32.2. The molecule has 2 nitrogen and oxygen atoms in total. The Morgan fingerprint density at radius 3 is 2.76 bits per heavy atom. The van der Waals surface area contributed by atoms with Gasteiger partial charge in [0.15, 0.2) is 0 Å². The van der Waals surface area contributed by atoms with Gasteiger partial charge in [-0.15, -0.1) is 0 Å². The van der Waals surface area contributed by atoms with E-state index in [1.807, 2.05) is 0 Å². The zero-order chi connectivity index (χ0) is 11.7. The molecule has 0 saturated carbocycles. The molecule has 92 valence electrons. The molecule has 1 aromatic carbocycles. The zero-order valence-electron chi connectivity index (χ0n) is 10.2. The maximum atomic E-state index is 6.12. The van der Waals surface area contributed by atoms with Gasteiger partial charge in [0, 0.05) is 18.8 Å². The molecule has 0 unspecified atom stereocenters. The Bertz CT molecular complexity index is 399. The molecule has 3 heteroatoms. The van der Waals surface area contributed by atoms with Gasteiger partial charge in [-0.2, -0.15) is 11.8 Å². The maximum absolute atomic E-state index is 6.12. The molecule has 0 aromatic heterocycles. The molecule has 0 bridgehead atoms. The lowest BCUT2D eigenvalue weighted by Gasteiger charge is -2.45. The lowest BCUT2D eigenvalue weighted by Crippen LogP contribution is -2.55. The molecule has 1 fully saturated rings. The van der Waals surface area contributed by atoms with E-state index < -0.39 is 0 Å². The molecular weight excluding hydrogens is 228 g/mol. The maximum Gasteiger partial charge on any atom is 0.0540 e. The first-order valence-corrected chi connectivity index (χ1v) is 7.65. The highest BCUT2D eigenvalue weighted by molar-refractivity contribution is 7.99. The summed E-state index contributed by atoms with van der Waals surface area (Å²) in [6.07, 6.45) is 3.66. The second-order valence-corrected chi connectivity index (χ2v) is 6.30. The lowest BCUT2D eigenvalue weighted by molar-refractivity contribution is 0.373. The van der Waals surface area contributed by atoms with Crippen molar-refractivity contribution in [1.29, 1.82) is 0 Å². The second-order valence-electron chi connectivity index (χ2n) is 5.07. The molecule has 0 amide bonds. The normalized spacial score (nSPS) is 22.5. The van der Waals surface area contributed by atoms with Crippen molar-refractivity contribution >= 4 is 17.4 Å². The van der Waals surface area contributed by atoms with E-state index in [9.17, 15) is 0 Å². The number of benzene rings is 1. The van der Waals surface area contributed by atoms with Gasteiger partial charge in [-0.05, 0) is 42.4 Å². The van der Waals surface area contributed by atoms with Crippen molar-refractivity contribution in [3.8, 4) is 0 Å². The molecular formula is C14H20N2S. The first-order chi connectivity index (χ1) is 8.36. The third-order valence-electron chi connectivity index (χ3n) is 4.26. The van der Waals surface area contributed by atoms with Gasteiger partial charge in [0.2, 0.25) is 0 Å². The predicted octanol–water partition coefficient (Wildman–Crippen LogP) is 2.27. The number of rotatable bonds is 2. The van der Waals surface area contributed by atoms with Gasteiger partial charge in [-0.3, -0.25) is 0 Å². The molecule has 0 radical (unpaired) electrons. The van der Waals surface area contributed by atoms with E-state index in [4.69, 9.17) is 5.73 Å². The van der Waals surface area contributed by atoms with Gasteiger partial charge in [0.05, 0.1) is 5.54 Å². The summed E-state index contributed by atoms with van der Waals surface area (Å²) in [5.41, 5.74) is 9.29. The van der Waals surface area contributed by atoms with Gasteiger partial charge in [-0.1, -0.05) is 18.2 Å². The van der Waals surface area contributed by atoms with Gasteiger partial charge < -0.3 is 10.6 Å². The van der Waals surface area contributed by atoms with E-state index in [1.165, 1.54) is 42.0 Å². The Morgan fingerprint density at radius 1 is 1.24 bits per heavy atom. The zero-order valence-corrected chi connectivity index (χ0v) is 11.0. The summed E-state index contributed by atoms with van der Waals surface area (Å²) >= 11 is 2.07. The van der Waals surface area contributed by atoms with Crippen molar-refractivity contribution in [3.63, 3.8) is 0 Å². The SMILES string of the molecule is NCC1(N2CCc3ccccc32)CCSCC1. The fourth-order valence-electron chi connectivity index (χ4n) is 3.17. The molecule has 2 aliphatic heterocycles. The van der Waals surface area contributed by atoms with Crippen molar-refractivity contribution in [2.45, 2.75) is 24.8 Å². The van der Waals surface area contributed by atoms with Crippen LogP contribution in [0.2, 0.25) is 0 Å². The Balaban J connectivity index is 1.94. The molecule has 1 saturated heterocycles. The van der Waals surface area contributed by atoms with Crippen molar-refractivity contribution in [1.82, 2.24) is 0 Å². The van der Waals surface area contributed by atoms with Crippen LogP contribution >= 0.6 is 11.8 Å². The quantitative estimate of drug-likeness (QED) is 0.870. The van der Waals surface area contributed by atoms with Crippen LogP contribution in [0.25, 0.3) is 0 Å². The van der Waals surface area contributed by atoms with Crippen LogP contribution in [0.4, 0.5) is 5.69 Å². The van der Waals surface area contributed by atoms with Gasteiger partial charge >= 0.3 is 0 Å². The van der Waals surface area contributed by atoms with Crippen LogP contribution in [0.15, 0.2) is 24.3 Å². The van der Waals surface area contributed by atoms with Crippen LogP contribution in [0, 0.1) is 0 Å². The number of fused-ring (bicyclic) bond motifs is 1. The summed E-state index contributed by atoms with van der Waals surface area (Å²) in [5.74, 6) is 2.52. The van der Waals surface area contributed by atoms with Crippen LogP contribution in [0.1, 0.15) is 18.4 Å². The number of nitrogens with zero attached hydrogens (tertiary/aromatic N) is 1. The molecule has 0 spiro atoms. The fourth-order valence-corrected chi connectivity index (χ4v) is 4.42. The lowest BCUT2D eigenvalue weighted by atomic mass is 9.90. The largest absolute Gasteiger partial charge is 0.364 e. The molecule has 2 N–H and O–H groups in total. The first kappa shape index (κ1) is 11.4. The number of para-hydroxylation sites is 1. The fraction of sp³-hybridized carbons (Fsp3) is 0.571. The Kier molecular flexibility index (Phi) is 3.05. The third kappa shape index (κ3) is 1.85. The van der Waals surface area contributed by atoms with E-state index in [0.717, 1.165) is 13.1 Å². The first-order valence-electron chi connectivity index (χ1n) is 6.49. The Labute approximate surface area is 108 Å². The molecule has 1 aromatic rings. The van der Waals surface area contributed by atoms with E-state index >= 15 is 0 Å². The van der Waals surface area contributed by atoms with Crippen LogP contribution in [0.3, 0.4) is 0 Å². The average Bonchev–Trinajstić information content (AvgIpc) is 2.84. The summed E-state index contributed by atoms with van der Waals surface area (Å²) in [6, 6.07) is 8.83. The van der Waals surface area contributed by atoms with Crippen LogP contribution < -0.4 is 10.6 Å². The topological polar surface area (TPSA) is 29.3 Å². The van der Waals surface area contributed by atoms with Gasteiger partial charge in [0.25, 0.3) is 0 Å². The highest BCUT2D eigenvalue weighted by Gasteiger charge is 2.39. The minimum atomic E-state index is 0.234. The Morgan fingerprint density at radius 2 is 2.00 bits per heavy atom. The van der Waals surface area contributed by atoms with Crippen LogP contribution in [-0.4, -0.2) is 30.1 Å². The summed E-state index contributed by atoms with van der Waals surface area (Å²) in [5, 5.41) is 0. The highest BCUT2D eigenvalue weighted by Crippen LogP contribution is 2.39. The van der Waals surface area contributed by atoms with Gasteiger partial charge in [-0.25, -0.2) is 0 Å². The van der Waals surface area contributed by atoms with E-state index in [2.05, 4.69) is 40.9 Å². The predicted molar refractivity (Wildman–Crippen MR) is 75.8 cm³/mol. The molecule has 17 heavy (non-hydrogen) atoms. The van der Waals surface area contributed by atoms with Crippen molar-refractivity contribution < 1.29 is 0 Å². The van der Waals surface area contributed by atoms with Crippen LogP contribution in [0.5, 0.6) is 0 Å².